The second-order valence-corrected chi connectivity index (χ2v) is 7.49. The predicted molar refractivity (Wildman–Crippen MR) is 84.9 cm³/mol. The average Bonchev–Trinajstić information content (AvgIpc) is 2.89. The molecule has 0 amide bonds. The first-order chi connectivity index (χ1) is 9.38. The number of hydrogen-bond acceptors (Lipinski definition) is 4. The Balaban J connectivity index is 2.14. The molecule has 1 aromatic rings. The zero-order valence-electron chi connectivity index (χ0n) is 12.7. The van der Waals surface area contributed by atoms with Crippen molar-refractivity contribution in [3.05, 3.63) is 23.6 Å². The number of thioether (sulfide) groups is 1. The first-order valence-corrected chi connectivity index (χ1v) is 8.23. The molecule has 2 heterocycles. The minimum Gasteiger partial charge on any atom is -0.353 e. The molecule has 1 atom stereocenters. The van der Waals surface area contributed by atoms with Crippen molar-refractivity contribution < 1.29 is 4.39 Å². The van der Waals surface area contributed by atoms with Gasteiger partial charge >= 0.3 is 0 Å². The highest BCUT2D eigenvalue weighted by Crippen LogP contribution is 2.27. The van der Waals surface area contributed by atoms with Crippen LogP contribution in [0.1, 0.15) is 32.8 Å². The van der Waals surface area contributed by atoms with Crippen molar-refractivity contribution in [2.45, 2.75) is 45.3 Å². The molecule has 1 fully saturated rings. The van der Waals surface area contributed by atoms with Gasteiger partial charge in [0.15, 0.2) is 11.6 Å². The number of nitrogens with one attached hydrogen (secondary N) is 1. The largest absolute Gasteiger partial charge is 0.353 e. The van der Waals surface area contributed by atoms with Crippen LogP contribution < -0.4 is 10.2 Å². The summed E-state index contributed by atoms with van der Waals surface area (Å²) in [4.78, 5) is 6.24. The molecule has 0 spiro atoms. The monoisotopic (exact) mass is 297 g/mol. The van der Waals surface area contributed by atoms with E-state index in [0.29, 0.717) is 24.0 Å². The van der Waals surface area contributed by atoms with Crippen molar-refractivity contribution in [1.82, 2.24) is 10.3 Å². The van der Waals surface area contributed by atoms with Gasteiger partial charge in [-0.15, -0.1) is 0 Å². The summed E-state index contributed by atoms with van der Waals surface area (Å²) >= 11 is 1.92. The minimum absolute atomic E-state index is 0.0239. The molecule has 1 N–H and O–H groups in total. The lowest BCUT2D eigenvalue weighted by atomic mass is 10.1. The van der Waals surface area contributed by atoms with Crippen LogP contribution in [-0.4, -0.2) is 35.1 Å². The van der Waals surface area contributed by atoms with E-state index in [9.17, 15) is 4.39 Å². The molecule has 2 rings (SSSR count). The molecule has 5 heteroatoms. The molecule has 3 nitrogen and oxygen atoms in total. The van der Waals surface area contributed by atoms with Gasteiger partial charge in [-0.3, -0.25) is 0 Å². The Morgan fingerprint density at radius 3 is 2.85 bits per heavy atom. The van der Waals surface area contributed by atoms with E-state index in [0.717, 1.165) is 17.9 Å². The number of rotatable bonds is 4. The summed E-state index contributed by atoms with van der Waals surface area (Å²) in [5.74, 6) is 2.50. The maximum Gasteiger partial charge on any atom is 0.170 e. The normalized spacial score (nSPS) is 19.4. The quantitative estimate of drug-likeness (QED) is 0.924. The van der Waals surface area contributed by atoms with Crippen LogP contribution in [0, 0.1) is 5.82 Å². The number of anilines is 1. The van der Waals surface area contributed by atoms with Crippen LogP contribution in [0.3, 0.4) is 0 Å². The summed E-state index contributed by atoms with van der Waals surface area (Å²) in [7, 11) is 1.95. The molecule has 112 valence electrons. The Morgan fingerprint density at radius 1 is 1.50 bits per heavy atom. The van der Waals surface area contributed by atoms with Crippen molar-refractivity contribution in [1.29, 1.82) is 0 Å². The van der Waals surface area contributed by atoms with Crippen LogP contribution in [0.15, 0.2) is 12.3 Å². The van der Waals surface area contributed by atoms with Gasteiger partial charge in [0, 0.05) is 42.7 Å². The summed E-state index contributed by atoms with van der Waals surface area (Å²) in [6, 6.07) is 2.15. The Kier molecular flexibility index (Phi) is 4.91. The lowest BCUT2D eigenvalue weighted by Crippen LogP contribution is -2.36. The van der Waals surface area contributed by atoms with Gasteiger partial charge in [-0.2, -0.15) is 11.8 Å². The lowest BCUT2D eigenvalue weighted by Gasteiger charge is -2.26. The van der Waals surface area contributed by atoms with Gasteiger partial charge in [0.2, 0.25) is 0 Å². The third kappa shape index (κ3) is 3.85. The molecule has 1 saturated heterocycles. The summed E-state index contributed by atoms with van der Waals surface area (Å²) in [5.41, 5.74) is 0.659. The predicted octanol–water partition coefficient (Wildman–Crippen LogP) is 3.05. The summed E-state index contributed by atoms with van der Waals surface area (Å²) in [6.07, 6.45) is 2.81. The Labute approximate surface area is 125 Å². The zero-order chi connectivity index (χ0) is 14.8. The van der Waals surface area contributed by atoms with E-state index in [1.165, 1.54) is 0 Å². The van der Waals surface area contributed by atoms with Gasteiger partial charge in [0.05, 0.1) is 0 Å². The van der Waals surface area contributed by atoms with E-state index in [2.05, 4.69) is 31.1 Å². The first kappa shape index (κ1) is 15.6. The first-order valence-electron chi connectivity index (χ1n) is 7.07. The highest BCUT2D eigenvalue weighted by atomic mass is 32.2. The summed E-state index contributed by atoms with van der Waals surface area (Å²) in [6.45, 7) is 6.76. The molecular formula is C15H24FN3S. The fourth-order valence-electron chi connectivity index (χ4n) is 2.21. The molecule has 1 unspecified atom stereocenters. The lowest BCUT2D eigenvalue weighted by molar-refractivity contribution is 0.418. The van der Waals surface area contributed by atoms with Crippen molar-refractivity contribution in [2.24, 2.45) is 0 Å². The average molecular weight is 297 g/mol. The van der Waals surface area contributed by atoms with Crippen LogP contribution in [0.2, 0.25) is 0 Å². The number of nitrogens with zero attached hydrogens (tertiary/aromatic N) is 2. The Morgan fingerprint density at radius 2 is 2.25 bits per heavy atom. The molecule has 1 aliphatic heterocycles. The van der Waals surface area contributed by atoms with Crippen LogP contribution in [-0.2, 0) is 6.54 Å². The molecule has 20 heavy (non-hydrogen) atoms. The third-order valence-corrected chi connectivity index (χ3v) is 4.69. The molecule has 0 aromatic carbocycles. The standard InChI is InChI=1S/C15H24FN3S/c1-15(2,3)18-9-11-5-7-17-14(13(11)16)19(4)12-6-8-20-10-12/h5,7,12,18H,6,8-10H2,1-4H3. The molecule has 1 aromatic heterocycles. The Hall–Kier alpha value is -0.810. The molecular weight excluding hydrogens is 273 g/mol. The van der Waals surface area contributed by atoms with Gasteiger partial charge in [0.1, 0.15) is 0 Å². The molecule has 1 aliphatic rings. The highest BCUT2D eigenvalue weighted by Gasteiger charge is 2.24. The van der Waals surface area contributed by atoms with Gasteiger partial charge < -0.3 is 10.2 Å². The van der Waals surface area contributed by atoms with Crippen molar-refractivity contribution >= 4 is 17.6 Å². The second kappa shape index (κ2) is 6.31. The maximum atomic E-state index is 14.6. The van der Waals surface area contributed by atoms with Crippen molar-refractivity contribution in [2.75, 3.05) is 23.5 Å². The SMILES string of the molecule is CN(c1nccc(CNC(C)(C)C)c1F)C1CCSC1. The second-order valence-electron chi connectivity index (χ2n) is 6.34. The van der Waals surface area contributed by atoms with Gasteiger partial charge in [-0.05, 0) is 39.0 Å². The number of aromatic nitrogens is 1. The topological polar surface area (TPSA) is 28.2 Å². The molecule has 0 bridgehead atoms. The van der Waals surface area contributed by atoms with E-state index in [4.69, 9.17) is 0 Å². The van der Waals surface area contributed by atoms with Crippen LogP contribution in [0.4, 0.5) is 10.2 Å². The fourth-order valence-corrected chi connectivity index (χ4v) is 3.48. The zero-order valence-corrected chi connectivity index (χ0v) is 13.6. The van der Waals surface area contributed by atoms with E-state index in [1.54, 1.807) is 12.3 Å². The fraction of sp³-hybridized carbons (Fsp3) is 0.667. The van der Waals surface area contributed by atoms with Crippen molar-refractivity contribution in [3.8, 4) is 0 Å². The number of hydrogen-bond donors (Lipinski definition) is 1. The maximum absolute atomic E-state index is 14.6. The molecule has 0 radical (unpaired) electrons. The Bertz CT molecular complexity index is 453. The van der Waals surface area contributed by atoms with E-state index in [1.807, 2.05) is 23.7 Å². The van der Waals surface area contributed by atoms with Crippen LogP contribution in [0.5, 0.6) is 0 Å². The molecule has 0 saturated carbocycles. The van der Waals surface area contributed by atoms with Crippen molar-refractivity contribution in [3.63, 3.8) is 0 Å². The van der Waals surface area contributed by atoms with E-state index < -0.39 is 0 Å². The molecule has 0 aliphatic carbocycles. The van der Waals surface area contributed by atoms with Gasteiger partial charge in [-0.1, -0.05) is 0 Å². The third-order valence-electron chi connectivity index (χ3n) is 3.55. The van der Waals surface area contributed by atoms with E-state index in [-0.39, 0.29) is 11.4 Å². The summed E-state index contributed by atoms with van der Waals surface area (Å²) < 4.78 is 14.6. The van der Waals surface area contributed by atoms with E-state index >= 15 is 0 Å². The highest BCUT2D eigenvalue weighted by molar-refractivity contribution is 7.99. The number of pyridine rings is 1. The van der Waals surface area contributed by atoms with Crippen LogP contribution >= 0.6 is 11.8 Å². The summed E-state index contributed by atoms with van der Waals surface area (Å²) in [5, 5.41) is 3.32. The minimum atomic E-state index is -0.191. The smallest absolute Gasteiger partial charge is 0.170 e. The van der Waals surface area contributed by atoms with Gasteiger partial charge in [-0.25, -0.2) is 9.37 Å². The number of halogens is 1. The van der Waals surface area contributed by atoms with Crippen LogP contribution in [0.25, 0.3) is 0 Å². The van der Waals surface area contributed by atoms with Gasteiger partial charge in [0.25, 0.3) is 0 Å².